The second-order valence-electron chi connectivity index (χ2n) is 7.88. The standard InChI is InChI=1S/C26H24ClN3O3/c1-32-25-17-22(8-9-24(25)33-15-14-28-10-2-3-11-28)30-13-12-29-18-20(16-23(29)26(30)31)19-4-6-21(27)7-5-19/h2-11,16-18H,12-15H2,1H3. The van der Waals surface area contributed by atoms with Crippen molar-refractivity contribution >= 4 is 23.2 Å². The molecule has 0 spiro atoms. The first-order valence-electron chi connectivity index (χ1n) is 10.8. The molecule has 0 atom stereocenters. The van der Waals surface area contributed by atoms with Gasteiger partial charge in [0.05, 0.1) is 13.7 Å². The van der Waals surface area contributed by atoms with Gasteiger partial charge in [0, 0.05) is 54.0 Å². The molecule has 0 radical (unpaired) electrons. The van der Waals surface area contributed by atoms with E-state index in [1.807, 2.05) is 83.8 Å². The molecule has 0 aliphatic carbocycles. The summed E-state index contributed by atoms with van der Waals surface area (Å²) in [6.45, 7) is 2.56. The molecule has 168 valence electrons. The molecule has 6 nitrogen and oxygen atoms in total. The van der Waals surface area contributed by atoms with Crippen molar-refractivity contribution in [3.8, 4) is 22.6 Å². The average molecular weight is 462 g/mol. The number of rotatable bonds is 7. The molecule has 0 unspecified atom stereocenters. The first-order chi connectivity index (χ1) is 16.1. The number of ether oxygens (including phenoxy) is 2. The molecule has 2 aromatic heterocycles. The van der Waals surface area contributed by atoms with Crippen LogP contribution in [0.2, 0.25) is 5.02 Å². The van der Waals surface area contributed by atoms with E-state index in [1.165, 1.54) is 0 Å². The van der Waals surface area contributed by atoms with Gasteiger partial charge in [-0.1, -0.05) is 23.7 Å². The summed E-state index contributed by atoms with van der Waals surface area (Å²) in [7, 11) is 1.61. The van der Waals surface area contributed by atoms with Crippen LogP contribution in [0.15, 0.2) is 79.3 Å². The van der Waals surface area contributed by atoms with Crippen LogP contribution in [0.4, 0.5) is 5.69 Å². The molecule has 0 bridgehead atoms. The van der Waals surface area contributed by atoms with Crippen molar-refractivity contribution in [1.82, 2.24) is 9.13 Å². The predicted octanol–water partition coefficient (Wildman–Crippen LogP) is 5.36. The van der Waals surface area contributed by atoms with E-state index < -0.39 is 0 Å². The molecule has 5 rings (SSSR count). The van der Waals surface area contributed by atoms with Gasteiger partial charge in [-0.3, -0.25) is 4.79 Å². The van der Waals surface area contributed by atoms with Gasteiger partial charge in [-0.15, -0.1) is 0 Å². The van der Waals surface area contributed by atoms with Gasteiger partial charge in [-0.05, 0) is 48.0 Å². The van der Waals surface area contributed by atoms with Gasteiger partial charge in [0.2, 0.25) is 0 Å². The number of hydrogen-bond acceptors (Lipinski definition) is 3. The topological polar surface area (TPSA) is 48.6 Å². The predicted molar refractivity (Wildman–Crippen MR) is 129 cm³/mol. The molecule has 0 N–H and O–H groups in total. The average Bonchev–Trinajstić information content (AvgIpc) is 3.51. The van der Waals surface area contributed by atoms with Crippen LogP contribution >= 0.6 is 11.6 Å². The molecule has 3 heterocycles. The highest BCUT2D eigenvalue weighted by atomic mass is 35.5. The minimum Gasteiger partial charge on any atom is -0.493 e. The third kappa shape index (κ3) is 4.34. The van der Waals surface area contributed by atoms with Crippen LogP contribution in [0.25, 0.3) is 11.1 Å². The van der Waals surface area contributed by atoms with E-state index in [1.54, 1.807) is 12.0 Å². The first kappa shape index (κ1) is 21.2. The molecule has 33 heavy (non-hydrogen) atoms. The fourth-order valence-corrected chi connectivity index (χ4v) is 4.22. The number of nitrogens with zero attached hydrogens (tertiary/aromatic N) is 3. The number of carbonyl (C=O) groups excluding carboxylic acids is 1. The number of carbonyl (C=O) groups is 1. The number of methoxy groups -OCH3 is 1. The van der Waals surface area contributed by atoms with Crippen molar-refractivity contribution in [2.45, 2.75) is 13.1 Å². The molecule has 7 heteroatoms. The van der Waals surface area contributed by atoms with Crippen LogP contribution in [0.1, 0.15) is 10.5 Å². The summed E-state index contributed by atoms with van der Waals surface area (Å²) in [6.07, 6.45) is 6.02. The van der Waals surface area contributed by atoms with E-state index in [9.17, 15) is 4.79 Å². The highest BCUT2D eigenvalue weighted by Crippen LogP contribution is 2.34. The molecule has 0 fully saturated rings. The second-order valence-corrected chi connectivity index (χ2v) is 8.31. The lowest BCUT2D eigenvalue weighted by Crippen LogP contribution is -2.39. The zero-order chi connectivity index (χ0) is 22.8. The summed E-state index contributed by atoms with van der Waals surface area (Å²) >= 11 is 6.01. The van der Waals surface area contributed by atoms with Crippen molar-refractivity contribution in [2.75, 3.05) is 25.2 Å². The van der Waals surface area contributed by atoms with Crippen LogP contribution in [-0.4, -0.2) is 35.3 Å². The number of aromatic nitrogens is 2. The monoisotopic (exact) mass is 461 g/mol. The lowest BCUT2D eigenvalue weighted by Gasteiger charge is -2.29. The smallest absolute Gasteiger partial charge is 0.274 e. The number of amides is 1. The minimum atomic E-state index is -0.0372. The zero-order valence-corrected chi connectivity index (χ0v) is 19.0. The van der Waals surface area contributed by atoms with Crippen molar-refractivity contribution in [3.63, 3.8) is 0 Å². The molecule has 1 amide bonds. The SMILES string of the molecule is COc1cc(N2CCn3cc(-c4ccc(Cl)cc4)cc3C2=O)ccc1OCCn1cccc1. The normalized spacial score (nSPS) is 13.2. The lowest BCUT2D eigenvalue weighted by molar-refractivity contribution is 0.0965. The molecular weight excluding hydrogens is 438 g/mol. The third-order valence-electron chi connectivity index (χ3n) is 5.84. The van der Waals surface area contributed by atoms with E-state index in [0.29, 0.717) is 41.9 Å². The first-order valence-corrected chi connectivity index (χ1v) is 11.2. The van der Waals surface area contributed by atoms with Gasteiger partial charge in [0.15, 0.2) is 11.5 Å². The summed E-state index contributed by atoms with van der Waals surface area (Å²) in [6, 6.07) is 19.2. The van der Waals surface area contributed by atoms with E-state index in [2.05, 4.69) is 4.57 Å². The van der Waals surface area contributed by atoms with Crippen LogP contribution in [0.3, 0.4) is 0 Å². The van der Waals surface area contributed by atoms with Gasteiger partial charge in [0.25, 0.3) is 5.91 Å². The molecule has 2 aromatic carbocycles. The Morgan fingerprint density at radius 2 is 1.73 bits per heavy atom. The number of benzene rings is 2. The van der Waals surface area contributed by atoms with Gasteiger partial charge in [0.1, 0.15) is 12.3 Å². The molecule has 1 aliphatic heterocycles. The molecule has 4 aromatic rings. The zero-order valence-electron chi connectivity index (χ0n) is 18.3. The van der Waals surface area contributed by atoms with Crippen molar-refractivity contribution in [1.29, 1.82) is 0 Å². The van der Waals surface area contributed by atoms with Crippen molar-refractivity contribution < 1.29 is 14.3 Å². The van der Waals surface area contributed by atoms with E-state index in [0.717, 1.165) is 23.4 Å². The summed E-state index contributed by atoms with van der Waals surface area (Å²) < 4.78 is 15.5. The van der Waals surface area contributed by atoms with Crippen LogP contribution in [0.5, 0.6) is 11.5 Å². The Hall–Kier alpha value is -3.64. The third-order valence-corrected chi connectivity index (χ3v) is 6.09. The Morgan fingerprint density at radius 3 is 2.48 bits per heavy atom. The van der Waals surface area contributed by atoms with E-state index >= 15 is 0 Å². The maximum Gasteiger partial charge on any atom is 0.274 e. The second kappa shape index (κ2) is 9.08. The summed E-state index contributed by atoms with van der Waals surface area (Å²) in [5, 5.41) is 0.691. The molecular formula is C26H24ClN3O3. The highest BCUT2D eigenvalue weighted by Gasteiger charge is 2.27. The quantitative estimate of drug-likeness (QED) is 0.372. The van der Waals surface area contributed by atoms with Gasteiger partial charge < -0.3 is 23.5 Å². The molecule has 0 saturated carbocycles. The number of fused-ring (bicyclic) bond motifs is 1. The summed E-state index contributed by atoms with van der Waals surface area (Å²) in [4.78, 5) is 15.1. The minimum absolute atomic E-state index is 0.0372. The Balaban J connectivity index is 1.33. The highest BCUT2D eigenvalue weighted by molar-refractivity contribution is 6.30. The van der Waals surface area contributed by atoms with Crippen LogP contribution < -0.4 is 14.4 Å². The number of hydrogen-bond donors (Lipinski definition) is 0. The number of halogens is 1. The van der Waals surface area contributed by atoms with Crippen molar-refractivity contribution in [2.24, 2.45) is 0 Å². The molecule has 1 aliphatic rings. The summed E-state index contributed by atoms with van der Waals surface area (Å²) in [5.41, 5.74) is 3.48. The summed E-state index contributed by atoms with van der Waals surface area (Å²) in [5.74, 6) is 1.23. The lowest BCUT2D eigenvalue weighted by atomic mass is 10.1. The Morgan fingerprint density at radius 1 is 0.939 bits per heavy atom. The Bertz CT molecular complexity index is 1260. The fraction of sp³-hybridized carbons (Fsp3) is 0.192. The largest absolute Gasteiger partial charge is 0.493 e. The fourth-order valence-electron chi connectivity index (χ4n) is 4.09. The Kier molecular flexibility index (Phi) is 5.84. The van der Waals surface area contributed by atoms with Gasteiger partial charge in [-0.2, -0.15) is 0 Å². The maximum absolute atomic E-state index is 13.3. The number of anilines is 1. The van der Waals surface area contributed by atoms with Crippen LogP contribution in [-0.2, 0) is 13.1 Å². The van der Waals surface area contributed by atoms with Gasteiger partial charge in [-0.25, -0.2) is 0 Å². The van der Waals surface area contributed by atoms with Crippen LogP contribution in [0, 0.1) is 0 Å². The maximum atomic E-state index is 13.3. The van der Waals surface area contributed by atoms with E-state index in [4.69, 9.17) is 21.1 Å². The Labute approximate surface area is 197 Å². The van der Waals surface area contributed by atoms with Gasteiger partial charge >= 0.3 is 0 Å². The van der Waals surface area contributed by atoms with Crippen molar-refractivity contribution in [3.05, 3.63) is 90.0 Å². The molecule has 0 saturated heterocycles. The van der Waals surface area contributed by atoms with E-state index in [-0.39, 0.29) is 5.91 Å².